The van der Waals surface area contributed by atoms with Crippen LogP contribution in [0.2, 0.25) is 0 Å². The molecule has 0 radical (unpaired) electrons. The van der Waals surface area contributed by atoms with Gasteiger partial charge < -0.3 is 20.0 Å². The number of aryl methyl sites for hydroxylation is 1. The van der Waals surface area contributed by atoms with Crippen LogP contribution in [-0.4, -0.2) is 88.9 Å². The molecule has 2 amide bonds. The lowest BCUT2D eigenvalue weighted by molar-refractivity contribution is -0.238. The monoisotopic (exact) mass is 642 g/mol. The second-order valence-electron chi connectivity index (χ2n) is 12.4. The summed E-state index contributed by atoms with van der Waals surface area (Å²) in [5.74, 6) is -4.39. The summed E-state index contributed by atoms with van der Waals surface area (Å²) < 4.78 is 40.8. The smallest absolute Gasteiger partial charge is 0.371 e. The molecule has 1 aromatic heterocycles. The van der Waals surface area contributed by atoms with Gasteiger partial charge in [0.15, 0.2) is 0 Å². The molecular formula is C32H37F3N6O5. The Morgan fingerprint density at radius 2 is 1.67 bits per heavy atom. The van der Waals surface area contributed by atoms with E-state index < -0.39 is 35.7 Å². The largest absolute Gasteiger partial charge is 0.493 e. The number of imide groups is 1. The Morgan fingerprint density at radius 3 is 2.37 bits per heavy atom. The fraction of sp³-hybridized carbons (Fsp3) is 0.500. The third-order valence-electron chi connectivity index (χ3n) is 9.48. The standard InChI is InChI=1S/C32H37F3N6O5/c1-37(23-11-14-36-15-12-23)18-20-13-16-39(19-20)24-6-3-21(4-7-24)22-5-8-25-27(17-22)38(2)31(45)40(25)26-9-10-28(42)41(29(26)43)46-30(44)32(33,34)35/h3-8,17,20,23,26,36H,9-16,18-19H2,1-2H3/t20-,26?/m0/s1. The van der Waals surface area contributed by atoms with Crippen molar-refractivity contribution in [2.45, 2.75) is 50.4 Å². The highest BCUT2D eigenvalue weighted by Crippen LogP contribution is 2.32. The Balaban J connectivity index is 1.17. The van der Waals surface area contributed by atoms with E-state index in [1.807, 2.05) is 18.2 Å². The van der Waals surface area contributed by atoms with Crippen LogP contribution >= 0.6 is 0 Å². The van der Waals surface area contributed by atoms with Gasteiger partial charge in [0, 0.05) is 44.8 Å². The molecule has 4 heterocycles. The van der Waals surface area contributed by atoms with Crippen molar-refractivity contribution in [3.8, 4) is 11.1 Å². The molecule has 2 atom stereocenters. The van der Waals surface area contributed by atoms with E-state index in [1.54, 1.807) is 12.1 Å². The minimum atomic E-state index is -5.40. The molecule has 0 aliphatic carbocycles. The molecule has 0 spiro atoms. The summed E-state index contributed by atoms with van der Waals surface area (Å²) >= 11 is 0. The third-order valence-corrected chi connectivity index (χ3v) is 9.48. The number of hydrogen-bond acceptors (Lipinski definition) is 8. The van der Waals surface area contributed by atoms with Gasteiger partial charge in [-0.1, -0.05) is 18.2 Å². The van der Waals surface area contributed by atoms with E-state index in [2.05, 4.69) is 39.1 Å². The summed E-state index contributed by atoms with van der Waals surface area (Å²) in [5, 5.41) is 3.25. The minimum absolute atomic E-state index is 0.133. The molecule has 0 saturated carbocycles. The fourth-order valence-corrected chi connectivity index (χ4v) is 6.94. The first-order valence-corrected chi connectivity index (χ1v) is 15.6. The zero-order chi connectivity index (χ0) is 32.7. The lowest BCUT2D eigenvalue weighted by Crippen LogP contribution is -2.49. The van der Waals surface area contributed by atoms with E-state index in [-0.39, 0.29) is 17.9 Å². The first-order valence-electron chi connectivity index (χ1n) is 15.6. The summed E-state index contributed by atoms with van der Waals surface area (Å²) in [6.07, 6.45) is -2.38. The van der Waals surface area contributed by atoms with Gasteiger partial charge in [-0.3, -0.25) is 18.7 Å². The first kappa shape index (κ1) is 31.8. The number of benzene rings is 2. The first-order chi connectivity index (χ1) is 21.9. The molecule has 3 fully saturated rings. The lowest BCUT2D eigenvalue weighted by Gasteiger charge is -2.33. The number of halogens is 3. The second-order valence-corrected chi connectivity index (χ2v) is 12.4. The number of carbonyl (C=O) groups excluding carboxylic acids is 3. The Bertz CT molecular complexity index is 1690. The van der Waals surface area contributed by atoms with E-state index in [9.17, 15) is 32.3 Å². The van der Waals surface area contributed by atoms with Crippen molar-refractivity contribution in [1.29, 1.82) is 0 Å². The van der Waals surface area contributed by atoms with E-state index in [1.165, 1.54) is 24.5 Å². The maximum absolute atomic E-state index is 13.3. The van der Waals surface area contributed by atoms with Crippen LogP contribution in [0.5, 0.6) is 0 Å². The molecule has 1 unspecified atom stereocenters. The van der Waals surface area contributed by atoms with Gasteiger partial charge in [0.25, 0.3) is 11.8 Å². The Hall–Kier alpha value is -4.17. The average molecular weight is 643 g/mol. The number of nitrogens with one attached hydrogen (secondary N) is 1. The van der Waals surface area contributed by atoms with Crippen LogP contribution in [0, 0.1) is 5.92 Å². The molecule has 3 aromatic rings. The number of carbonyl (C=O) groups is 3. The molecule has 0 bridgehead atoms. The molecule has 3 aliphatic heterocycles. The molecule has 14 heteroatoms. The summed E-state index contributed by atoms with van der Waals surface area (Å²) in [7, 11) is 3.77. The maximum atomic E-state index is 13.3. The van der Waals surface area contributed by atoms with E-state index in [0.717, 1.165) is 60.5 Å². The van der Waals surface area contributed by atoms with Crippen molar-refractivity contribution in [3.63, 3.8) is 0 Å². The van der Waals surface area contributed by atoms with Gasteiger partial charge in [-0.2, -0.15) is 13.2 Å². The van der Waals surface area contributed by atoms with Crippen LogP contribution < -0.4 is 15.9 Å². The Labute approximate surface area is 263 Å². The number of hydrogen-bond donors (Lipinski definition) is 1. The van der Waals surface area contributed by atoms with Crippen molar-refractivity contribution in [3.05, 3.63) is 52.9 Å². The van der Waals surface area contributed by atoms with Crippen molar-refractivity contribution in [1.82, 2.24) is 24.4 Å². The molecule has 3 aliphatic rings. The molecule has 3 saturated heterocycles. The molecule has 11 nitrogen and oxygen atoms in total. The highest BCUT2D eigenvalue weighted by atomic mass is 19.4. The van der Waals surface area contributed by atoms with Crippen molar-refractivity contribution in [2.75, 3.05) is 44.7 Å². The van der Waals surface area contributed by atoms with Crippen LogP contribution in [0.25, 0.3) is 22.2 Å². The highest BCUT2D eigenvalue weighted by Gasteiger charge is 2.47. The van der Waals surface area contributed by atoms with Gasteiger partial charge in [0.1, 0.15) is 6.04 Å². The van der Waals surface area contributed by atoms with Crippen LogP contribution in [-0.2, 0) is 26.3 Å². The van der Waals surface area contributed by atoms with E-state index in [0.29, 0.717) is 23.0 Å². The molecule has 1 N–H and O–H groups in total. The van der Waals surface area contributed by atoms with Crippen LogP contribution in [0.1, 0.15) is 38.1 Å². The number of nitrogens with zero attached hydrogens (tertiary/aromatic N) is 5. The predicted octanol–water partition coefficient (Wildman–Crippen LogP) is 3.23. The van der Waals surface area contributed by atoms with E-state index >= 15 is 0 Å². The van der Waals surface area contributed by atoms with Gasteiger partial charge in [-0.05, 0) is 87.1 Å². The van der Waals surface area contributed by atoms with Crippen LogP contribution in [0.3, 0.4) is 0 Å². The van der Waals surface area contributed by atoms with Crippen molar-refractivity contribution < 1.29 is 32.4 Å². The van der Waals surface area contributed by atoms with Crippen LogP contribution in [0.15, 0.2) is 47.3 Å². The summed E-state index contributed by atoms with van der Waals surface area (Å²) in [6.45, 7) is 5.28. The van der Waals surface area contributed by atoms with Gasteiger partial charge in [-0.25, -0.2) is 9.59 Å². The van der Waals surface area contributed by atoms with Crippen molar-refractivity contribution in [2.24, 2.45) is 13.0 Å². The SMILES string of the molecule is CN(C[C@@H]1CCN(c2ccc(-c3ccc4c(c3)n(C)c(=O)n4C3CCC(=O)N(OC(=O)C(F)(F)F)C3=O)cc2)C1)C1CCNCC1. The third kappa shape index (κ3) is 6.15. The molecule has 46 heavy (non-hydrogen) atoms. The number of fused-ring (bicyclic) bond motifs is 1. The van der Waals surface area contributed by atoms with Gasteiger partial charge >= 0.3 is 17.8 Å². The Kier molecular flexibility index (Phi) is 8.68. The Morgan fingerprint density at radius 1 is 0.978 bits per heavy atom. The van der Waals surface area contributed by atoms with Crippen molar-refractivity contribution >= 4 is 34.5 Å². The highest BCUT2D eigenvalue weighted by molar-refractivity contribution is 6.00. The fourth-order valence-electron chi connectivity index (χ4n) is 6.94. The summed E-state index contributed by atoms with van der Waals surface area (Å²) in [6, 6.07) is 12.8. The number of anilines is 1. The quantitative estimate of drug-likeness (QED) is 0.392. The minimum Gasteiger partial charge on any atom is -0.371 e. The predicted molar refractivity (Wildman–Crippen MR) is 164 cm³/mol. The summed E-state index contributed by atoms with van der Waals surface area (Å²) in [5.41, 5.74) is 3.18. The number of piperidine rings is 2. The van der Waals surface area contributed by atoms with Gasteiger partial charge in [-0.15, -0.1) is 5.06 Å². The number of amides is 2. The summed E-state index contributed by atoms with van der Waals surface area (Å²) in [4.78, 5) is 58.9. The molecule has 246 valence electrons. The molecular weight excluding hydrogens is 605 g/mol. The zero-order valence-corrected chi connectivity index (χ0v) is 25.8. The number of hydroxylamine groups is 2. The number of imidazole rings is 1. The zero-order valence-electron chi connectivity index (χ0n) is 25.8. The number of aromatic nitrogens is 2. The topological polar surface area (TPSA) is 109 Å². The average Bonchev–Trinajstić information content (AvgIpc) is 3.61. The van der Waals surface area contributed by atoms with Gasteiger partial charge in [0.2, 0.25) is 0 Å². The second kappa shape index (κ2) is 12.6. The van der Waals surface area contributed by atoms with E-state index in [4.69, 9.17) is 0 Å². The lowest BCUT2D eigenvalue weighted by atomic mass is 10.0. The van der Waals surface area contributed by atoms with Crippen LogP contribution in [0.4, 0.5) is 18.9 Å². The maximum Gasteiger partial charge on any atom is 0.493 e. The molecule has 6 rings (SSSR count). The number of alkyl halides is 3. The number of rotatable bonds is 7. The van der Waals surface area contributed by atoms with Gasteiger partial charge in [0.05, 0.1) is 11.0 Å². The normalized spacial score (nSPS) is 21.5. The molecule has 2 aromatic carbocycles.